The van der Waals surface area contributed by atoms with Crippen LogP contribution in [-0.4, -0.2) is 58.4 Å². The SMILES string of the molecule is C=C(C)C(=O)OC(O)(OC(=O)C(=C)C)C(F)(F)C(F)(F)C(F)(F)C(F)(F)CO. The van der Waals surface area contributed by atoms with E-state index in [1.165, 1.54) is 0 Å². The van der Waals surface area contributed by atoms with Crippen LogP contribution in [0.5, 0.6) is 0 Å². The van der Waals surface area contributed by atoms with E-state index in [2.05, 4.69) is 22.6 Å². The lowest BCUT2D eigenvalue weighted by Gasteiger charge is -2.41. The fraction of sp³-hybridized carbons (Fsp3) is 0.571. The van der Waals surface area contributed by atoms with E-state index in [1.807, 2.05) is 0 Å². The third-order valence-corrected chi connectivity index (χ3v) is 3.00. The summed E-state index contributed by atoms with van der Waals surface area (Å²) < 4.78 is 116. The first-order valence-electron chi connectivity index (χ1n) is 6.84. The van der Waals surface area contributed by atoms with Crippen molar-refractivity contribution in [3.8, 4) is 0 Å². The number of hydrogen-bond donors (Lipinski definition) is 2. The molecule has 0 aromatic carbocycles. The standard InChI is InChI=1S/C14H14F8O6/c1-6(2)8(24)27-14(26,28-9(25)7(3)4)13(21,22)12(19,20)11(17,18)10(15,16)5-23/h23,26H,1,3,5H2,2,4H3. The van der Waals surface area contributed by atoms with Crippen molar-refractivity contribution in [3.63, 3.8) is 0 Å². The largest absolute Gasteiger partial charge is 0.448 e. The molecule has 0 aromatic rings. The molecule has 0 aliphatic carbocycles. The number of aliphatic hydroxyl groups is 2. The second kappa shape index (κ2) is 7.66. The summed E-state index contributed by atoms with van der Waals surface area (Å²) >= 11 is 0. The van der Waals surface area contributed by atoms with Gasteiger partial charge in [0.1, 0.15) is 6.61 Å². The number of aliphatic hydroxyl groups excluding tert-OH is 1. The Kier molecular flexibility index (Phi) is 7.05. The molecule has 0 rings (SSSR count). The van der Waals surface area contributed by atoms with E-state index in [-0.39, 0.29) is 0 Å². The van der Waals surface area contributed by atoms with Crippen molar-refractivity contribution >= 4 is 11.9 Å². The smallest absolute Gasteiger partial charge is 0.390 e. The topological polar surface area (TPSA) is 93.1 Å². The van der Waals surface area contributed by atoms with Crippen LogP contribution in [0.25, 0.3) is 0 Å². The van der Waals surface area contributed by atoms with E-state index in [4.69, 9.17) is 5.11 Å². The number of carbonyl (C=O) groups is 2. The maximum absolute atomic E-state index is 14.2. The van der Waals surface area contributed by atoms with Crippen molar-refractivity contribution in [1.29, 1.82) is 0 Å². The highest BCUT2D eigenvalue weighted by molar-refractivity contribution is 5.89. The van der Waals surface area contributed by atoms with Gasteiger partial charge in [-0.05, 0) is 13.8 Å². The van der Waals surface area contributed by atoms with Gasteiger partial charge in [0.05, 0.1) is 0 Å². The Balaban J connectivity index is 6.57. The van der Waals surface area contributed by atoms with E-state index in [9.17, 15) is 49.8 Å². The van der Waals surface area contributed by atoms with Crippen molar-refractivity contribution < 1.29 is 64.4 Å². The predicted molar refractivity (Wildman–Crippen MR) is 73.6 cm³/mol. The fourth-order valence-electron chi connectivity index (χ4n) is 1.30. The third kappa shape index (κ3) is 4.11. The lowest BCUT2D eigenvalue weighted by molar-refractivity contribution is -0.473. The van der Waals surface area contributed by atoms with Crippen molar-refractivity contribution in [1.82, 2.24) is 0 Å². The number of alkyl halides is 8. The van der Waals surface area contributed by atoms with Gasteiger partial charge in [-0.3, -0.25) is 0 Å². The molecular formula is C14H14F8O6. The maximum Gasteiger partial charge on any atom is 0.448 e. The molecule has 2 N–H and O–H groups in total. The Labute approximate surface area is 152 Å². The van der Waals surface area contributed by atoms with Crippen LogP contribution in [0.3, 0.4) is 0 Å². The van der Waals surface area contributed by atoms with Crippen LogP contribution in [0, 0.1) is 0 Å². The van der Waals surface area contributed by atoms with Gasteiger partial charge in [-0.25, -0.2) is 9.59 Å². The molecule has 0 aliphatic heterocycles. The van der Waals surface area contributed by atoms with Gasteiger partial charge < -0.3 is 19.7 Å². The molecule has 0 aliphatic rings. The highest BCUT2D eigenvalue weighted by atomic mass is 19.4. The Morgan fingerprint density at radius 2 is 1.11 bits per heavy atom. The van der Waals surface area contributed by atoms with Crippen LogP contribution in [0.15, 0.2) is 24.3 Å². The van der Waals surface area contributed by atoms with Crippen LogP contribution in [0.4, 0.5) is 35.1 Å². The maximum atomic E-state index is 14.2. The first-order valence-corrected chi connectivity index (χ1v) is 6.84. The lowest BCUT2D eigenvalue weighted by atomic mass is 9.97. The normalized spacial score (nSPS) is 13.7. The molecule has 0 atom stereocenters. The summed E-state index contributed by atoms with van der Waals surface area (Å²) in [5.41, 5.74) is -1.73. The van der Waals surface area contributed by atoms with Crippen molar-refractivity contribution in [2.24, 2.45) is 0 Å². The number of ether oxygens (including phenoxy) is 2. The molecule has 162 valence electrons. The summed E-state index contributed by atoms with van der Waals surface area (Å²) in [6, 6.07) is 0. The number of rotatable bonds is 9. The van der Waals surface area contributed by atoms with Crippen molar-refractivity contribution in [3.05, 3.63) is 24.3 Å². The molecule has 0 saturated carbocycles. The lowest BCUT2D eigenvalue weighted by Crippen LogP contribution is -2.71. The summed E-state index contributed by atoms with van der Waals surface area (Å²) in [5.74, 6) is -37.0. The molecule has 0 aromatic heterocycles. The van der Waals surface area contributed by atoms with Crippen LogP contribution >= 0.6 is 0 Å². The van der Waals surface area contributed by atoms with Gasteiger partial charge in [0.2, 0.25) is 0 Å². The fourth-order valence-corrected chi connectivity index (χ4v) is 1.30. The molecule has 14 heteroatoms. The van der Waals surface area contributed by atoms with Gasteiger partial charge in [0.15, 0.2) is 0 Å². The average Bonchev–Trinajstić information content (AvgIpc) is 2.53. The van der Waals surface area contributed by atoms with Crippen LogP contribution < -0.4 is 0 Å². The minimum absolute atomic E-state index is 0.730. The highest BCUT2D eigenvalue weighted by Crippen LogP contribution is 2.56. The average molecular weight is 430 g/mol. The van der Waals surface area contributed by atoms with Gasteiger partial charge >= 0.3 is 41.6 Å². The molecule has 0 bridgehead atoms. The van der Waals surface area contributed by atoms with E-state index >= 15 is 0 Å². The molecule has 0 unspecified atom stereocenters. The first kappa shape index (κ1) is 25.8. The van der Waals surface area contributed by atoms with E-state index in [0.717, 1.165) is 13.8 Å². The molecule has 28 heavy (non-hydrogen) atoms. The molecule has 0 spiro atoms. The Bertz CT molecular complexity index is 645. The number of halogens is 8. The predicted octanol–water partition coefficient (Wildman–Crippen LogP) is 2.40. The number of carbonyl (C=O) groups excluding carboxylic acids is 2. The molecule has 0 heterocycles. The first-order chi connectivity index (χ1) is 12.2. The van der Waals surface area contributed by atoms with Crippen LogP contribution in [-0.2, 0) is 19.1 Å². The Hall–Kier alpha value is -2.22. The molecular weight excluding hydrogens is 416 g/mol. The molecule has 0 saturated heterocycles. The molecule has 0 fully saturated rings. The van der Waals surface area contributed by atoms with Crippen LogP contribution in [0.2, 0.25) is 0 Å². The van der Waals surface area contributed by atoms with Gasteiger partial charge in [0.25, 0.3) is 0 Å². The van der Waals surface area contributed by atoms with Gasteiger partial charge in [0, 0.05) is 11.1 Å². The number of hydrogen-bond acceptors (Lipinski definition) is 6. The second-order valence-corrected chi connectivity index (χ2v) is 5.51. The summed E-state index contributed by atoms with van der Waals surface area (Å²) in [4.78, 5) is 22.7. The summed E-state index contributed by atoms with van der Waals surface area (Å²) in [6.45, 7) is 4.11. The zero-order chi connectivity index (χ0) is 22.9. The minimum atomic E-state index is -7.23. The van der Waals surface area contributed by atoms with Crippen LogP contribution in [0.1, 0.15) is 13.8 Å². The molecule has 0 amide bonds. The Morgan fingerprint density at radius 1 is 0.786 bits per heavy atom. The summed E-state index contributed by atoms with van der Waals surface area (Å²) in [7, 11) is 0. The second-order valence-electron chi connectivity index (χ2n) is 5.51. The van der Waals surface area contributed by atoms with E-state index < -0.39 is 59.4 Å². The molecule has 0 radical (unpaired) electrons. The van der Waals surface area contributed by atoms with Crippen molar-refractivity contribution in [2.45, 2.75) is 43.5 Å². The zero-order valence-electron chi connectivity index (χ0n) is 14.2. The highest BCUT2D eigenvalue weighted by Gasteiger charge is 2.87. The summed E-state index contributed by atoms with van der Waals surface area (Å²) in [5, 5.41) is 17.7. The van der Waals surface area contributed by atoms with E-state index in [0.29, 0.717) is 0 Å². The van der Waals surface area contributed by atoms with Gasteiger partial charge in [-0.1, -0.05) is 13.2 Å². The molecule has 6 nitrogen and oxygen atoms in total. The summed E-state index contributed by atoms with van der Waals surface area (Å²) in [6.07, 6.45) is 0. The monoisotopic (exact) mass is 430 g/mol. The Morgan fingerprint density at radius 3 is 1.36 bits per heavy atom. The van der Waals surface area contributed by atoms with E-state index in [1.54, 1.807) is 0 Å². The number of esters is 2. The third-order valence-electron chi connectivity index (χ3n) is 3.00. The van der Waals surface area contributed by atoms with Crippen molar-refractivity contribution in [2.75, 3.05) is 6.61 Å². The van der Waals surface area contributed by atoms with Gasteiger partial charge in [-0.15, -0.1) is 0 Å². The zero-order valence-corrected chi connectivity index (χ0v) is 14.2. The van der Waals surface area contributed by atoms with Gasteiger partial charge in [-0.2, -0.15) is 35.1 Å². The quantitative estimate of drug-likeness (QED) is 0.253. The minimum Gasteiger partial charge on any atom is -0.390 e.